The first kappa shape index (κ1) is 72.8. The topological polar surface area (TPSA) is 149 Å². The van der Waals surface area contributed by atoms with Gasteiger partial charge in [0, 0.05) is 12.8 Å². The van der Waals surface area contributed by atoms with Gasteiger partial charge in [-0.15, -0.1) is 0 Å². The minimum absolute atomic E-state index is 0.0593. The summed E-state index contributed by atoms with van der Waals surface area (Å²) in [6, 6.07) is 103. The maximum Gasteiger partial charge on any atom is 0.316 e. The predicted octanol–water partition coefficient (Wildman–Crippen LogP) is 17.8. The highest BCUT2D eigenvalue weighted by atomic mass is 32.2. The number of benzene rings is 11. The fourth-order valence-corrected chi connectivity index (χ4v) is 13.0. The van der Waals surface area contributed by atoms with E-state index < -0.39 is 51.2 Å². The van der Waals surface area contributed by atoms with Crippen molar-refractivity contribution in [3.63, 3.8) is 0 Å². The zero-order valence-corrected chi connectivity index (χ0v) is 57.4. The van der Waals surface area contributed by atoms with E-state index in [9.17, 15) is 27.6 Å². The molecule has 11 aromatic carbocycles. The third kappa shape index (κ3) is 19.6. The second kappa shape index (κ2) is 36.2. The zero-order chi connectivity index (χ0) is 69.9. The molecule has 0 N–H and O–H groups in total. The Morgan fingerprint density at radius 3 is 1.06 bits per heavy atom. The third-order valence-corrected chi connectivity index (χ3v) is 18.2. The normalized spacial score (nSPS) is 12.2. The molecule has 0 saturated carbocycles. The predicted molar refractivity (Wildman–Crippen MR) is 391 cm³/mol. The minimum atomic E-state index is -3.92. The molecule has 12 heteroatoms. The highest BCUT2D eigenvalue weighted by molar-refractivity contribution is 7.86. The molecule has 11 aromatic rings. The van der Waals surface area contributed by atoms with Crippen LogP contribution in [0.15, 0.2) is 320 Å². The molecule has 3 atom stereocenters. The average molecular weight is 1340 g/mol. The zero-order valence-electron chi connectivity index (χ0n) is 56.6. The highest BCUT2D eigenvalue weighted by Crippen LogP contribution is 2.43. The summed E-state index contributed by atoms with van der Waals surface area (Å²) in [4.78, 5) is 50.2. The number of carbonyl (C=O) groups is 4. The van der Waals surface area contributed by atoms with Gasteiger partial charge in [-0.3, -0.25) is 23.4 Å². The van der Waals surface area contributed by atoms with E-state index in [1.54, 1.807) is 45.0 Å². The fourth-order valence-electron chi connectivity index (χ4n) is 11.9. The van der Waals surface area contributed by atoms with Crippen LogP contribution in [-0.2, 0) is 76.5 Å². The van der Waals surface area contributed by atoms with Crippen molar-refractivity contribution in [3.05, 3.63) is 366 Å². The van der Waals surface area contributed by atoms with Crippen molar-refractivity contribution in [2.75, 3.05) is 26.4 Å². The second-order valence-electron chi connectivity index (χ2n) is 24.0. The van der Waals surface area contributed by atoms with E-state index in [4.69, 9.17) is 23.1 Å². The van der Waals surface area contributed by atoms with Gasteiger partial charge in [0.1, 0.15) is 29.3 Å². The molecule has 0 saturated heterocycles. The summed E-state index contributed by atoms with van der Waals surface area (Å²) in [5, 5.41) is 0. The number of rotatable bonds is 28. The summed E-state index contributed by atoms with van der Waals surface area (Å²) < 4.78 is 55.0. The van der Waals surface area contributed by atoms with Crippen LogP contribution in [0.5, 0.6) is 0 Å². The standard InChI is InChI=1S/C40H38O4.C29H28O4S.C18H18O3/c1-3-43-39(42)38(37(41)28-31-24-26-33(27-25-31)32-16-8-4-9-17-32)30(2)29-44-40(34-18-10-5-11-19-34,35-20-12-6-13-21-35)36-22-14-7-15-23-36;1-23-18-20-28(21-19-23)34(30,31)33-24(2)22-32-29(25-12-6-3-7-13-25,26-14-8-4-9-15-26)27-16-10-5-11-17-27;1-2-21-18(20)13-17(19)12-14-8-10-16(11-9-14)15-6-4-3-5-7-15/h4-27,30,38H,3,28-29H2,1-2H3;3-21,24H,22H2,1-2H3;3-11H,2,12-13H2,1H3/t30-,38?;24-;/m01./s1. The van der Waals surface area contributed by atoms with Crippen molar-refractivity contribution in [2.45, 2.75) is 76.1 Å². The second-order valence-corrected chi connectivity index (χ2v) is 25.6. The monoisotopic (exact) mass is 1340 g/mol. The maximum absolute atomic E-state index is 13.8. The molecule has 0 aliphatic heterocycles. The molecule has 0 spiro atoms. The molecule has 504 valence electrons. The van der Waals surface area contributed by atoms with Crippen molar-refractivity contribution in [3.8, 4) is 22.3 Å². The van der Waals surface area contributed by atoms with Crippen molar-refractivity contribution in [1.29, 1.82) is 0 Å². The van der Waals surface area contributed by atoms with E-state index in [-0.39, 0.29) is 55.5 Å². The van der Waals surface area contributed by atoms with Gasteiger partial charge in [0.2, 0.25) is 0 Å². The molecule has 0 amide bonds. The van der Waals surface area contributed by atoms with Gasteiger partial charge in [0.15, 0.2) is 5.78 Å². The molecule has 0 heterocycles. The van der Waals surface area contributed by atoms with Gasteiger partial charge in [-0.2, -0.15) is 8.42 Å². The van der Waals surface area contributed by atoms with Crippen molar-refractivity contribution in [2.24, 2.45) is 11.8 Å². The molecule has 99 heavy (non-hydrogen) atoms. The SMILES string of the molecule is CCOC(=O)C(C(=O)Cc1ccc(-c2ccccc2)cc1)[C@@H](C)COC(c1ccccc1)(c1ccccc1)c1ccccc1.CCOC(=O)CC(=O)Cc1ccc(-c2ccccc2)cc1.Cc1ccc(S(=O)(=O)O[C@H](C)COC(c2ccccc2)(c2ccccc2)c2ccccc2)cc1. The highest BCUT2D eigenvalue weighted by Gasteiger charge is 2.42. The lowest BCUT2D eigenvalue weighted by Gasteiger charge is -2.37. The number of carbonyl (C=O) groups excluding carboxylic acids is 4. The Hall–Kier alpha value is -10.5. The van der Waals surface area contributed by atoms with E-state index in [1.807, 2.05) is 257 Å². The Bertz CT molecular complexity index is 4180. The maximum atomic E-state index is 13.8. The Labute approximate surface area is 583 Å². The summed E-state index contributed by atoms with van der Waals surface area (Å²) in [6.07, 6.45) is -0.478. The Kier molecular flexibility index (Phi) is 26.6. The number of esters is 2. The van der Waals surface area contributed by atoms with E-state index in [0.717, 1.165) is 72.3 Å². The Balaban J connectivity index is 0.000000184. The van der Waals surface area contributed by atoms with Crippen molar-refractivity contribution < 1.29 is 50.7 Å². The van der Waals surface area contributed by atoms with Crippen LogP contribution in [0.4, 0.5) is 0 Å². The number of aryl methyl sites for hydroxylation is 1. The molecule has 0 aliphatic carbocycles. The van der Waals surface area contributed by atoms with Gasteiger partial charge in [0.25, 0.3) is 10.1 Å². The molecule has 11 rings (SSSR count). The molecule has 0 bridgehead atoms. The molecular weight excluding hydrogens is 1250 g/mol. The van der Waals surface area contributed by atoms with Gasteiger partial charge in [-0.25, -0.2) is 0 Å². The minimum Gasteiger partial charge on any atom is -0.466 e. The Morgan fingerprint density at radius 2 is 0.707 bits per heavy atom. The lowest BCUT2D eigenvalue weighted by molar-refractivity contribution is -0.155. The van der Waals surface area contributed by atoms with Gasteiger partial charge in [-0.1, -0.05) is 316 Å². The van der Waals surface area contributed by atoms with Crippen LogP contribution in [0.25, 0.3) is 22.3 Å². The summed E-state index contributed by atoms with van der Waals surface area (Å²) in [6.45, 7) is 9.70. The first-order valence-corrected chi connectivity index (χ1v) is 34.8. The molecule has 0 aromatic heterocycles. The number of ketones is 2. The molecular formula is C87H84O11S. The molecule has 0 aliphatic rings. The third-order valence-electron chi connectivity index (χ3n) is 16.8. The number of hydrogen-bond donors (Lipinski definition) is 0. The fraction of sp³-hybridized carbons (Fsp3) is 0.195. The lowest BCUT2D eigenvalue weighted by atomic mass is 9.79. The van der Waals surface area contributed by atoms with Crippen LogP contribution in [0, 0.1) is 18.8 Å². The van der Waals surface area contributed by atoms with Gasteiger partial charge in [0.05, 0.1) is 37.4 Å². The number of Topliss-reactive ketones (excluding diaryl/α,β-unsaturated/α-hetero) is 2. The van der Waals surface area contributed by atoms with Gasteiger partial charge >= 0.3 is 11.9 Å². The van der Waals surface area contributed by atoms with Crippen LogP contribution in [-0.4, -0.2) is 64.5 Å². The summed E-state index contributed by atoms with van der Waals surface area (Å²) in [5.74, 6) is -2.69. The van der Waals surface area contributed by atoms with Crippen LogP contribution < -0.4 is 0 Å². The first-order chi connectivity index (χ1) is 48.1. The van der Waals surface area contributed by atoms with Crippen LogP contribution in [0.1, 0.15) is 84.2 Å². The van der Waals surface area contributed by atoms with Gasteiger partial charge < -0.3 is 18.9 Å². The number of ether oxygens (including phenoxy) is 4. The van der Waals surface area contributed by atoms with E-state index in [1.165, 1.54) is 0 Å². The molecule has 0 fully saturated rings. The van der Waals surface area contributed by atoms with E-state index in [2.05, 4.69) is 48.5 Å². The quantitative estimate of drug-likeness (QED) is 0.0200. The Morgan fingerprint density at radius 1 is 0.384 bits per heavy atom. The number of hydrogen-bond acceptors (Lipinski definition) is 11. The van der Waals surface area contributed by atoms with Crippen molar-refractivity contribution in [1.82, 2.24) is 0 Å². The van der Waals surface area contributed by atoms with E-state index >= 15 is 0 Å². The van der Waals surface area contributed by atoms with Gasteiger partial charge in [-0.05, 0) is 113 Å². The summed E-state index contributed by atoms with van der Waals surface area (Å²) >= 11 is 0. The molecule has 11 nitrogen and oxygen atoms in total. The molecule has 1 unspecified atom stereocenters. The largest absolute Gasteiger partial charge is 0.466 e. The molecule has 0 radical (unpaired) electrons. The van der Waals surface area contributed by atoms with Crippen LogP contribution in [0.3, 0.4) is 0 Å². The first-order valence-electron chi connectivity index (χ1n) is 33.4. The van der Waals surface area contributed by atoms with Crippen molar-refractivity contribution >= 4 is 33.6 Å². The lowest BCUT2D eigenvalue weighted by Crippen LogP contribution is -2.39. The van der Waals surface area contributed by atoms with E-state index in [0.29, 0.717) is 6.61 Å². The van der Waals surface area contributed by atoms with Crippen LogP contribution >= 0.6 is 0 Å². The summed E-state index contributed by atoms with van der Waals surface area (Å²) in [5.41, 5.74) is 11.0. The van der Waals surface area contributed by atoms with Crippen LogP contribution in [0.2, 0.25) is 0 Å². The smallest absolute Gasteiger partial charge is 0.316 e. The summed E-state index contributed by atoms with van der Waals surface area (Å²) in [7, 11) is -3.92. The average Bonchev–Trinajstić information content (AvgIpc) is 0.764.